The van der Waals surface area contributed by atoms with Gasteiger partial charge in [-0.2, -0.15) is 0 Å². The zero-order chi connectivity index (χ0) is 22.6. The van der Waals surface area contributed by atoms with Crippen molar-refractivity contribution in [3.63, 3.8) is 0 Å². The van der Waals surface area contributed by atoms with Crippen molar-refractivity contribution in [2.24, 2.45) is 0 Å². The second-order valence-electron chi connectivity index (χ2n) is 6.47. The molecule has 7 nitrogen and oxygen atoms in total. The number of nitrogens with one attached hydrogen (secondary N) is 1. The molecule has 0 heterocycles. The van der Waals surface area contributed by atoms with Crippen LogP contribution in [0.4, 0.5) is 11.4 Å². The van der Waals surface area contributed by atoms with Gasteiger partial charge in [0, 0.05) is 24.7 Å². The SMILES string of the molecule is COc1cc(NC(=O)c2ccc(S(=O)(=O)N(C)c3ccccc3)cc2)c(OC)cc1Cl. The van der Waals surface area contributed by atoms with Crippen molar-refractivity contribution in [2.75, 3.05) is 30.9 Å². The third-order valence-electron chi connectivity index (χ3n) is 4.62. The first-order valence-corrected chi connectivity index (χ1v) is 11.0. The maximum Gasteiger partial charge on any atom is 0.264 e. The number of amides is 1. The molecule has 31 heavy (non-hydrogen) atoms. The number of hydrogen-bond donors (Lipinski definition) is 1. The summed E-state index contributed by atoms with van der Waals surface area (Å²) < 4.78 is 37.4. The van der Waals surface area contributed by atoms with E-state index in [1.165, 1.54) is 55.9 Å². The number of rotatable bonds is 7. The fourth-order valence-electron chi connectivity index (χ4n) is 2.87. The summed E-state index contributed by atoms with van der Waals surface area (Å²) in [5.74, 6) is 0.300. The van der Waals surface area contributed by atoms with E-state index in [0.29, 0.717) is 27.9 Å². The van der Waals surface area contributed by atoms with Crippen LogP contribution >= 0.6 is 11.6 Å². The molecule has 0 atom stereocenters. The predicted molar refractivity (Wildman–Crippen MR) is 121 cm³/mol. The lowest BCUT2D eigenvalue weighted by atomic mass is 10.2. The number of sulfonamides is 1. The number of nitrogens with zero attached hydrogens (tertiary/aromatic N) is 1. The maximum atomic E-state index is 12.9. The summed E-state index contributed by atoms with van der Waals surface area (Å²) in [4.78, 5) is 12.8. The first-order valence-electron chi connectivity index (χ1n) is 9.15. The molecule has 162 valence electrons. The molecule has 0 fully saturated rings. The van der Waals surface area contributed by atoms with Gasteiger partial charge in [-0.1, -0.05) is 29.8 Å². The third kappa shape index (κ3) is 4.76. The largest absolute Gasteiger partial charge is 0.495 e. The van der Waals surface area contributed by atoms with E-state index in [0.717, 1.165) is 0 Å². The van der Waals surface area contributed by atoms with E-state index in [9.17, 15) is 13.2 Å². The minimum absolute atomic E-state index is 0.0705. The van der Waals surface area contributed by atoms with Crippen LogP contribution in [0.25, 0.3) is 0 Å². The van der Waals surface area contributed by atoms with Gasteiger partial charge in [0.25, 0.3) is 15.9 Å². The van der Waals surface area contributed by atoms with Crippen molar-refractivity contribution in [2.45, 2.75) is 4.90 Å². The van der Waals surface area contributed by atoms with Gasteiger partial charge in [0.05, 0.1) is 35.5 Å². The number of halogens is 1. The summed E-state index contributed by atoms with van der Waals surface area (Å²) in [5.41, 5.74) is 1.18. The average molecular weight is 461 g/mol. The van der Waals surface area contributed by atoms with E-state index in [4.69, 9.17) is 21.1 Å². The van der Waals surface area contributed by atoms with Gasteiger partial charge < -0.3 is 14.8 Å². The zero-order valence-electron chi connectivity index (χ0n) is 17.1. The van der Waals surface area contributed by atoms with Crippen molar-refractivity contribution in [3.8, 4) is 11.5 Å². The quantitative estimate of drug-likeness (QED) is 0.563. The molecule has 3 aromatic carbocycles. The van der Waals surface area contributed by atoms with Gasteiger partial charge in [-0.05, 0) is 36.4 Å². The fourth-order valence-corrected chi connectivity index (χ4v) is 4.29. The Balaban J connectivity index is 1.83. The fraction of sp³-hybridized carbons (Fsp3) is 0.136. The monoisotopic (exact) mass is 460 g/mol. The van der Waals surface area contributed by atoms with Crippen LogP contribution in [-0.4, -0.2) is 35.6 Å². The highest BCUT2D eigenvalue weighted by Gasteiger charge is 2.22. The Labute approximate surface area is 186 Å². The van der Waals surface area contributed by atoms with Crippen molar-refractivity contribution in [3.05, 3.63) is 77.3 Å². The summed E-state index contributed by atoms with van der Waals surface area (Å²) in [6, 6.07) is 17.5. The minimum Gasteiger partial charge on any atom is -0.495 e. The van der Waals surface area contributed by atoms with E-state index in [-0.39, 0.29) is 10.5 Å². The topological polar surface area (TPSA) is 84.9 Å². The van der Waals surface area contributed by atoms with Gasteiger partial charge in [0.15, 0.2) is 0 Å². The Hall–Kier alpha value is -3.23. The summed E-state index contributed by atoms with van der Waals surface area (Å²) in [6.07, 6.45) is 0. The van der Waals surface area contributed by atoms with Crippen LogP contribution in [0.15, 0.2) is 71.6 Å². The number of anilines is 2. The average Bonchev–Trinajstić information content (AvgIpc) is 2.79. The Morgan fingerprint density at radius 2 is 1.55 bits per heavy atom. The van der Waals surface area contributed by atoms with Gasteiger partial charge in [-0.15, -0.1) is 0 Å². The molecule has 0 aliphatic rings. The first-order chi connectivity index (χ1) is 14.8. The molecule has 0 saturated carbocycles. The van der Waals surface area contributed by atoms with Crippen LogP contribution in [0.2, 0.25) is 5.02 Å². The number of para-hydroxylation sites is 1. The Bertz CT molecular complexity index is 1180. The van der Waals surface area contributed by atoms with Crippen LogP contribution in [0.1, 0.15) is 10.4 Å². The standard InChI is InChI=1S/C22H21ClN2O5S/c1-25(16-7-5-4-6-8-16)31(27,28)17-11-9-15(10-12-17)22(26)24-19-14-20(29-2)18(23)13-21(19)30-3/h4-14H,1-3H3,(H,24,26). The number of hydrogen-bond acceptors (Lipinski definition) is 5. The summed E-state index contributed by atoms with van der Waals surface area (Å²) in [6.45, 7) is 0. The normalized spacial score (nSPS) is 11.0. The van der Waals surface area contributed by atoms with Gasteiger partial charge >= 0.3 is 0 Å². The van der Waals surface area contributed by atoms with Crippen LogP contribution in [0.5, 0.6) is 11.5 Å². The molecule has 9 heteroatoms. The lowest BCUT2D eigenvalue weighted by molar-refractivity contribution is 0.102. The molecule has 0 saturated heterocycles. The Morgan fingerprint density at radius 3 is 2.13 bits per heavy atom. The Morgan fingerprint density at radius 1 is 0.935 bits per heavy atom. The molecular weight excluding hydrogens is 440 g/mol. The predicted octanol–water partition coefficient (Wildman–Crippen LogP) is 4.43. The summed E-state index contributed by atoms with van der Waals surface area (Å²) in [7, 11) is 0.629. The summed E-state index contributed by atoms with van der Waals surface area (Å²) in [5, 5.41) is 3.07. The van der Waals surface area contributed by atoms with Crippen LogP contribution in [0, 0.1) is 0 Å². The minimum atomic E-state index is -3.77. The molecule has 0 aliphatic carbocycles. The van der Waals surface area contributed by atoms with E-state index >= 15 is 0 Å². The molecule has 0 spiro atoms. The molecule has 0 aliphatic heterocycles. The molecule has 3 aromatic rings. The first kappa shape index (κ1) is 22.5. The van der Waals surface area contributed by atoms with Crippen molar-refractivity contribution in [1.29, 1.82) is 0 Å². The lowest BCUT2D eigenvalue weighted by Gasteiger charge is -2.19. The van der Waals surface area contributed by atoms with Gasteiger partial charge in [0.1, 0.15) is 11.5 Å². The van der Waals surface area contributed by atoms with E-state index in [1.54, 1.807) is 30.3 Å². The highest BCUT2D eigenvalue weighted by molar-refractivity contribution is 7.92. The second-order valence-corrected chi connectivity index (χ2v) is 8.85. The number of benzene rings is 3. The van der Waals surface area contributed by atoms with Crippen molar-refractivity contribution >= 4 is 38.9 Å². The van der Waals surface area contributed by atoms with Crippen LogP contribution in [0.3, 0.4) is 0 Å². The highest BCUT2D eigenvalue weighted by atomic mass is 35.5. The molecule has 0 bridgehead atoms. The Kier molecular flexibility index (Phi) is 6.72. The summed E-state index contributed by atoms with van der Waals surface area (Å²) >= 11 is 6.09. The number of methoxy groups -OCH3 is 2. The number of carbonyl (C=O) groups excluding carboxylic acids is 1. The van der Waals surface area contributed by atoms with Gasteiger partial charge in [-0.25, -0.2) is 8.42 Å². The second kappa shape index (κ2) is 9.28. The zero-order valence-corrected chi connectivity index (χ0v) is 18.7. The van der Waals surface area contributed by atoms with Crippen LogP contribution in [-0.2, 0) is 10.0 Å². The number of ether oxygens (including phenoxy) is 2. The lowest BCUT2D eigenvalue weighted by Crippen LogP contribution is -2.26. The molecule has 0 unspecified atom stereocenters. The third-order valence-corrected chi connectivity index (χ3v) is 6.71. The van der Waals surface area contributed by atoms with Gasteiger partial charge in [0.2, 0.25) is 0 Å². The molecule has 3 rings (SSSR count). The molecule has 0 aromatic heterocycles. The molecular formula is C22H21ClN2O5S. The van der Waals surface area contributed by atoms with E-state index < -0.39 is 15.9 Å². The number of carbonyl (C=O) groups is 1. The van der Waals surface area contributed by atoms with Crippen LogP contribution < -0.4 is 19.1 Å². The van der Waals surface area contributed by atoms with Crippen molar-refractivity contribution < 1.29 is 22.7 Å². The van der Waals surface area contributed by atoms with Crippen molar-refractivity contribution in [1.82, 2.24) is 0 Å². The molecule has 1 amide bonds. The van der Waals surface area contributed by atoms with E-state index in [1.807, 2.05) is 6.07 Å². The van der Waals surface area contributed by atoms with E-state index in [2.05, 4.69) is 5.32 Å². The maximum absolute atomic E-state index is 12.9. The molecule has 0 radical (unpaired) electrons. The molecule has 1 N–H and O–H groups in total. The van der Waals surface area contributed by atoms with Gasteiger partial charge in [-0.3, -0.25) is 9.10 Å². The highest BCUT2D eigenvalue weighted by Crippen LogP contribution is 2.36. The smallest absolute Gasteiger partial charge is 0.264 e.